The summed E-state index contributed by atoms with van der Waals surface area (Å²) in [7, 11) is 0. The summed E-state index contributed by atoms with van der Waals surface area (Å²) in [5.74, 6) is -1.05. The molecule has 3 aromatic rings. The van der Waals surface area contributed by atoms with Crippen LogP contribution in [-0.4, -0.2) is 11.8 Å². The first-order valence-corrected chi connectivity index (χ1v) is 9.24. The fourth-order valence-corrected chi connectivity index (χ4v) is 3.05. The second-order valence-corrected chi connectivity index (χ2v) is 7.03. The minimum atomic E-state index is -4.51. The van der Waals surface area contributed by atoms with Gasteiger partial charge in [-0.3, -0.25) is 9.59 Å². The predicted molar refractivity (Wildman–Crippen MR) is 110 cm³/mol. The third-order valence-electron chi connectivity index (χ3n) is 4.03. The van der Waals surface area contributed by atoms with Crippen molar-refractivity contribution in [2.45, 2.75) is 6.18 Å². The van der Waals surface area contributed by atoms with Crippen molar-refractivity contribution >= 4 is 46.4 Å². The van der Waals surface area contributed by atoms with E-state index in [4.69, 9.17) is 23.2 Å². The third-order valence-corrected chi connectivity index (χ3v) is 4.58. The second-order valence-electron chi connectivity index (χ2n) is 6.19. The van der Waals surface area contributed by atoms with Gasteiger partial charge in [0.15, 0.2) is 0 Å². The van der Waals surface area contributed by atoms with Gasteiger partial charge in [-0.25, -0.2) is 0 Å². The molecular weight excluding hydrogens is 440 g/mol. The molecule has 0 aliphatic heterocycles. The molecule has 0 saturated heterocycles. The van der Waals surface area contributed by atoms with Crippen LogP contribution in [0.4, 0.5) is 24.5 Å². The van der Waals surface area contributed by atoms with Gasteiger partial charge in [-0.2, -0.15) is 13.2 Å². The van der Waals surface area contributed by atoms with Gasteiger partial charge in [0.1, 0.15) is 0 Å². The van der Waals surface area contributed by atoms with Crippen molar-refractivity contribution in [1.82, 2.24) is 0 Å². The van der Waals surface area contributed by atoms with Crippen LogP contribution in [0.5, 0.6) is 0 Å². The molecule has 0 spiro atoms. The Kier molecular flexibility index (Phi) is 6.34. The highest BCUT2D eigenvalue weighted by Crippen LogP contribution is 2.30. The Morgan fingerprint density at radius 3 is 2.07 bits per heavy atom. The molecule has 0 bridgehead atoms. The van der Waals surface area contributed by atoms with Crippen LogP contribution in [0.2, 0.25) is 10.0 Å². The van der Waals surface area contributed by atoms with Crippen molar-refractivity contribution in [3.05, 3.63) is 93.5 Å². The molecule has 0 unspecified atom stereocenters. The molecule has 2 N–H and O–H groups in total. The second kappa shape index (κ2) is 8.77. The summed E-state index contributed by atoms with van der Waals surface area (Å²) in [5.41, 5.74) is -0.00666. The Hall–Kier alpha value is -3.03. The van der Waals surface area contributed by atoms with E-state index in [0.29, 0.717) is 10.7 Å². The standard InChI is InChI=1S/C21H13Cl2F3N2O2/c22-14-6-9-17(18(23)11-14)20(30)27-15-7-4-12(5-8-15)19(29)28-16-3-1-2-13(10-16)21(24,25)26/h1-11H,(H,27,30)(H,28,29). The zero-order chi connectivity index (χ0) is 21.9. The summed E-state index contributed by atoms with van der Waals surface area (Å²) in [5, 5.41) is 5.64. The number of nitrogens with one attached hydrogen (secondary N) is 2. The maximum absolute atomic E-state index is 12.8. The lowest BCUT2D eigenvalue weighted by molar-refractivity contribution is -0.137. The fraction of sp³-hybridized carbons (Fsp3) is 0.0476. The van der Waals surface area contributed by atoms with E-state index in [2.05, 4.69) is 10.6 Å². The van der Waals surface area contributed by atoms with Crippen LogP contribution < -0.4 is 10.6 Å². The van der Waals surface area contributed by atoms with E-state index in [-0.39, 0.29) is 21.8 Å². The van der Waals surface area contributed by atoms with Crippen molar-refractivity contribution in [2.24, 2.45) is 0 Å². The lowest BCUT2D eigenvalue weighted by atomic mass is 10.1. The molecule has 0 radical (unpaired) electrons. The number of amides is 2. The minimum absolute atomic E-state index is 0.0181. The third kappa shape index (κ3) is 5.31. The lowest BCUT2D eigenvalue weighted by Gasteiger charge is -2.10. The molecule has 0 aromatic heterocycles. The first-order valence-electron chi connectivity index (χ1n) is 8.48. The fourth-order valence-electron chi connectivity index (χ4n) is 2.55. The molecule has 9 heteroatoms. The first-order chi connectivity index (χ1) is 14.1. The number of carbonyl (C=O) groups is 2. The molecule has 0 fully saturated rings. The molecule has 0 aliphatic rings. The maximum Gasteiger partial charge on any atom is 0.416 e. The lowest BCUT2D eigenvalue weighted by Crippen LogP contribution is -2.14. The average molecular weight is 453 g/mol. The number of benzene rings is 3. The van der Waals surface area contributed by atoms with Gasteiger partial charge in [-0.15, -0.1) is 0 Å². The smallest absolute Gasteiger partial charge is 0.322 e. The number of carbonyl (C=O) groups excluding carboxylic acids is 2. The van der Waals surface area contributed by atoms with Crippen LogP contribution in [0.3, 0.4) is 0 Å². The van der Waals surface area contributed by atoms with Gasteiger partial charge in [0.25, 0.3) is 11.8 Å². The van der Waals surface area contributed by atoms with Crippen LogP contribution in [0, 0.1) is 0 Å². The van der Waals surface area contributed by atoms with Crippen LogP contribution in [0.15, 0.2) is 66.7 Å². The van der Waals surface area contributed by atoms with E-state index in [9.17, 15) is 22.8 Å². The van der Waals surface area contributed by atoms with Gasteiger partial charge in [-0.1, -0.05) is 29.3 Å². The molecule has 0 atom stereocenters. The van der Waals surface area contributed by atoms with Crippen LogP contribution in [-0.2, 0) is 6.18 Å². The molecule has 3 rings (SSSR count). The van der Waals surface area contributed by atoms with Crippen molar-refractivity contribution in [3.63, 3.8) is 0 Å². The van der Waals surface area contributed by atoms with Crippen LogP contribution >= 0.6 is 23.2 Å². The van der Waals surface area contributed by atoms with E-state index in [0.717, 1.165) is 12.1 Å². The molecule has 2 amide bonds. The average Bonchev–Trinajstić information content (AvgIpc) is 2.68. The summed E-state index contributed by atoms with van der Waals surface area (Å²) >= 11 is 11.8. The summed E-state index contributed by atoms with van der Waals surface area (Å²) in [6.07, 6.45) is -4.51. The number of alkyl halides is 3. The van der Waals surface area contributed by atoms with E-state index in [1.165, 1.54) is 54.6 Å². The molecule has 30 heavy (non-hydrogen) atoms. The highest BCUT2D eigenvalue weighted by molar-refractivity contribution is 6.37. The van der Waals surface area contributed by atoms with Gasteiger partial charge in [0.2, 0.25) is 0 Å². The van der Waals surface area contributed by atoms with Gasteiger partial charge < -0.3 is 10.6 Å². The number of halogens is 5. The minimum Gasteiger partial charge on any atom is -0.322 e. The normalized spacial score (nSPS) is 11.1. The topological polar surface area (TPSA) is 58.2 Å². The highest BCUT2D eigenvalue weighted by atomic mass is 35.5. The summed E-state index contributed by atoms with van der Waals surface area (Å²) in [6.45, 7) is 0. The zero-order valence-corrected chi connectivity index (χ0v) is 16.6. The monoisotopic (exact) mass is 452 g/mol. The Labute approximate surface area is 179 Å². The molecule has 154 valence electrons. The molecule has 0 aliphatic carbocycles. The van der Waals surface area contributed by atoms with E-state index >= 15 is 0 Å². The largest absolute Gasteiger partial charge is 0.416 e. The van der Waals surface area contributed by atoms with E-state index in [1.54, 1.807) is 0 Å². The molecule has 0 saturated carbocycles. The Morgan fingerprint density at radius 2 is 1.43 bits per heavy atom. The van der Waals surface area contributed by atoms with Gasteiger partial charge in [0, 0.05) is 22.0 Å². The highest BCUT2D eigenvalue weighted by Gasteiger charge is 2.30. The number of hydrogen-bond acceptors (Lipinski definition) is 2. The zero-order valence-electron chi connectivity index (χ0n) is 15.1. The Balaban J connectivity index is 1.68. The van der Waals surface area contributed by atoms with Crippen molar-refractivity contribution in [3.8, 4) is 0 Å². The summed E-state index contributed by atoms with van der Waals surface area (Å²) < 4.78 is 38.3. The summed E-state index contributed by atoms with van der Waals surface area (Å²) in [4.78, 5) is 24.6. The van der Waals surface area contributed by atoms with Crippen molar-refractivity contribution < 1.29 is 22.8 Å². The number of hydrogen-bond donors (Lipinski definition) is 2. The SMILES string of the molecule is O=C(Nc1cccc(C(F)(F)F)c1)c1ccc(NC(=O)c2ccc(Cl)cc2Cl)cc1. The first kappa shape index (κ1) is 21.7. The van der Waals surface area contributed by atoms with E-state index in [1.807, 2.05) is 0 Å². The predicted octanol–water partition coefficient (Wildman–Crippen LogP) is 6.52. The van der Waals surface area contributed by atoms with Crippen LogP contribution in [0.1, 0.15) is 26.3 Å². The van der Waals surface area contributed by atoms with Crippen molar-refractivity contribution in [1.29, 1.82) is 0 Å². The van der Waals surface area contributed by atoms with Crippen LogP contribution in [0.25, 0.3) is 0 Å². The van der Waals surface area contributed by atoms with E-state index < -0.39 is 23.6 Å². The quantitative estimate of drug-likeness (QED) is 0.473. The number of anilines is 2. The molecular formula is C21H13Cl2F3N2O2. The molecule has 4 nitrogen and oxygen atoms in total. The summed E-state index contributed by atoms with van der Waals surface area (Å²) in [6, 6.07) is 14.6. The Morgan fingerprint density at radius 1 is 0.767 bits per heavy atom. The van der Waals surface area contributed by atoms with Crippen molar-refractivity contribution in [2.75, 3.05) is 10.6 Å². The maximum atomic E-state index is 12.8. The van der Waals surface area contributed by atoms with Gasteiger partial charge in [0.05, 0.1) is 16.1 Å². The number of rotatable bonds is 4. The Bertz CT molecular complexity index is 1100. The van der Waals surface area contributed by atoms with Gasteiger partial charge in [-0.05, 0) is 60.7 Å². The molecule has 3 aromatic carbocycles. The molecule has 0 heterocycles. The van der Waals surface area contributed by atoms with Gasteiger partial charge >= 0.3 is 6.18 Å².